The molecule has 1 fully saturated rings. The zero-order valence-electron chi connectivity index (χ0n) is 19.7. The number of Topliss-reactive ketones (excluding diaryl/α,β-unsaturated/α-hetero) is 2. The minimum Gasteiger partial charge on any atom is -0.340 e. The van der Waals surface area contributed by atoms with Crippen molar-refractivity contribution in [2.75, 3.05) is 5.32 Å². The fourth-order valence-corrected chi connectivity index (χ4v) is 5.17. The summed E-state index contributed by atoms with van der Waals surface area (Å²) in [6.45, 7) is 3.37. The maximum Gasteiger partial charge on any atom is 0.293 e. The lowest BCUT2D eigenvalue weighted by atomic mass is 9.69. The fraction of sp³-hybridized carbons (Fsp3) is 0.440. The molecule has 0 unspecified atom stereocenters. The highest BCUT2D eigenvalue weighted by Gasteiger charge is 2.61. The first kappa shape index (κ1) is 25.6. The van der Waals surface area contributed by atoms with Crippen molar-refractivity contribution in [1.29, 1.82) is 0 Å². The number of alkyl halides is 4. The van der Waals surface area contributed by atoms with Gasteiger partial charge in [0.25, 0.3) is 29.9 Å². The molecule has 0 saturated heterocycles. The number of amides is 2. The third-order valence-corrected chi connectivity index (χ3v) is 6.78. The Morgan fingerprint density at radius 3 is 2.44 bits per heavy atom. The number of halogens is 4. The number of nitrogens with zero attached hydrogens (tertiary/aromatic N) is 1. The molecule has 1 aromatic heterocycles. The SMILES string of the molecule is CCC(=O)C1(NC(=O)C(=O)c2c(C)c(C(=O)Nc3cccc(C(F)F)c3)n3c2CCC3)CC(F)(F)C1. The molecule has 2 aliphatic rings. The topological polar surface area (TPSA) is 97.3 Å². The molecule has 1 aromatic carbocycles. The van der Waals surface area contributed by atoms with E-state index in [0.29, 0.717) is 25.1 Å². The number of nitrogens with one attached hydrogen (secondary N) is 2. The Morgan fingerprint density at radius 1 is 1.14 bits per heavy atom. The lowest BCUT2D eigenvalue weighted by molar-refractivity contribution is -0.163. The maximum absolute atomic E-state index is 13.6. The second kappa shape index (κ2) is 9.18. The molecule has 2 N–H and O–H groups in total. The molecule has 0 radical (unpaired) electrons. The molecule has 7 nitrogen and oxygen atoms in total. The van der Waals surface area contributed by atoms with Gasteiger partial charge < -0.3 is 15.2 Å². The van der Waals surface area contributed by atoms with Gasteiger partial charge in [0.2, 0.25) is 0 Å². The van der Waals surface area contributed by atoms with Crippen molar-refractivity contribution in [1.82, 2.24) is 9.88 Å². The van der Waals surface area contributed by atoms with Crippen LogP contribution in [0, 0.1) is 6.92 Å². The fourth-order valence-electron chi connectivity index (χ4n) is 5.17. The van der Waals surface area contributed by atoms with Gasteiger partial charge in [-0.05, 0) is 37.5 Å². The van der Waals surface area contributed by atoms with Crippen LogP contribution in [0.4, 0.5) is 23.2 Å². The standard InChI is InChI=1S/C25H25F4N3O4/c1-3-17(33)24(11-25(28,29)12-24)31-23(36)20(34)18-13(2)19(32-9-5-8-16(18)32)22(35)30-15-7-4-6-14(10-15)21(26)27/h4,6-7,10,21H,3,5,8-9,11-12H2,1-2H3,(H,30,35)(H,31,36). The van der Waals surface area contributed by atoms with Crippen molar-refractivity contribution in [2.24, 2.45) is 0 Å². The normalized spacial score (nSPS) is 17.3. The van der Waals surface area contributed by atoms with E-state index in [1.54, 1.807) is 4.57 Å². The van der Waals surface area contributed by atoms with Gasteiger partial charge in [0, 0.05) is 42.8 Å². The molecule has 2 aromatic rings. The first-order valence-electron chi connectivity index (χ1n) is 11.6. The van der Waals surface area contributed by atoms with Gasteiger partial charge in [0.1, 0.15) is 11.2 Å². The summed E-state index contributed by atoms with van der Waals surface area (Å²) in [6, 6.07) is 5.20. The highest BCUT2D eigenvalue weighted by atomic mass is 19.3. The first-order valence-corrected chi connectivity index (χ1v) is 11.6. The third-order valence-electron chi connectivity index (χ3n) is 6.78. The minimum absolute atomic E-state index is 0.0123. The molecule has 1 saturated carbocycles. The quantitative estimate of drug-likeness (QED) is 0.315. The van der Waals surface area contributed by atoms with Gasteiger partial charge in [-0.2, -0.15) is 0 Å². The van der Waals surface area contributed by atoms with E-state index in [0.717, 1.165) is 6.07 Å². The molecule has 11 heteroatoms. The molecule has 2 amide bonds. The van der Waals surface area contributed by atoms with Crippen molar-refractivity contribution in [3.05, 3.63) is 52.3 Å². The Morgan fingerprint density at radius 2 is 1.83 bits per heavy atom. The summed E-state index contributed by atoms with van der Waals surface area (Å²) in [5, 5.41) is 4.81. The monoisotopic (exact) mass is 507 g/mol. The maximum atomic E-state index is 13.6. The van der Waals surface area contributed by atoms with Gasteiger partial charge in [-0.1, -0.05) is 19.1 Å². The number of rotatable bonds is 8. The highest BCUT2D eigenvalue weighted by molar-refractivity contribution is 6.44. The summed E-state index contributed by atoms with van der Waals surface area (Å²) in [7, 11) is 0. The summed E-state index contributed by atoms with van der Waals surface area (Å²) in [6.07, 6.45) is -3.54. The summed E-state index contributed by atoms with van der Waals surface area (Å²) >= 11 is 0. The Balaban J connectivity index is 1.61. The molecule has 1 aliphatic heterocycles. The van der Waals surface area contributed by atoms with Crippen molar-refractivity contribution >= 4 is 29.1 Å². The van der Waals surface area contributed by atoms with E-state index in [2.05, 4.69) is 10.6 Å². The van der Waals surface area contributed by atoms with Crippen molar-refractivity contribution in [2.45, 2.75) is 70.4 Å². The number of ketones is 2. The lowest BCUT2D eigenvalue weighted by Crippen LogP contribution is -2.67. The van der Waals surface area contributed by atoms with E-state index >= 15 is 0 Å². The van der Waals surface area contributed by atoms with E-state index < -0.39 is 54.1 Å². The zero-order valence-corrected chi connectivity index (χ0v) is 19.7. The number of hydrogen-bond donors (Lipinski definition) is 2. The average molecular weight is 507 g/mol. The Hall–Kier alpha value is -3.50. The molecule has 0 spiro atoms. The highest BCUT2D eigenvalue weighted by Crippen LogP contribution is 2.46. The Bertz CT molecular complexity index is 1260. The van der Waals surface area contributed by atoms with Crippen LogP contribution in [-0.2, 0) is 22.6 Å². The van der Waals surface area contributed by atoms with Crippen LogP contribution in [0.3, 0.4) is 0 Å². The summed E-state index contributed by atoms with van der Waals surface area (Å²) in [4.78, 5) is 51.5. The second-order valence-electron chi connectivity index (χ2n) is 9.28. The van der Waals surface area contributed by atoms with E-state index in [1.165, 1.54) is 32.0 Å². The molecular weight excluding hydrogens is 482 g/mol. The number of carbonyl (C=O) groups excluding carboxylic acids is 4. The van der Waals surface area contributed by atoms with Gasteiger partial charge in [0.15, 0.2) is 5.78 Å². The van der Waals surface area contributed by atoms with Crippen LogP contribution in [0.1, 0.15) is 76.7 Å². The van der Waals surface area contributed by atoms with Gasteiger partial charge in [-0.15, -0.1) is 0 Å². The van der Waals surface area contributed by atoms with E-state index in [9.17, 15) is 36.7 Å². The van der Waals surface area contributed by atoms with Crippen molar-refractivity contribution in [3.63, 3.8) is 0 Å². The van der Waals surface area contributed by atoms with Gasteiger partial charge >= 0.3 is 0 Å². The number of aromatic nitrogens is 1. The van der Waals surface area contributed by atoms with Crippen LogP contribution in [0.5, 0.6) is 0 Å². The van der Waals surface area contributed by atoms with Crippen LogP contribution >= 0.6 is 0 Å². The molecule has 1 aliphatic carbocycles. The average Bonchev–Trinajstić information content (AvgIpc) is 3.36. The smallest absolute Gasteiger partial charge is 0.293 e. The molecular formula is C25H25F4N3O4. The van der Waals surface area contributed by atoms with Crippen LogP contribution in [-0.4, -0.2) is 39.4 Å². The molecule has 0 atom stereocenters. The summed E-state index contributed by atoms with van der Waals surface area (Å²) in [5.74, 6) is -6.54. The molecule has 0 bridgehead atoms. The number of hydrogen-bond acceptors (Lipinski definition) is 4. The molecule has 2 heterocycles. The van der Waals surface area contributed by atoms with Gasteiger partial charge in [0.05, 0.1) is 5.56 Å². The van der Waals surface area contributed by atoms with Crippen LogP contribution in [0.2, 0.25) is 0 Å². The summed E-state index contributed by atoms with van der Waals surface area (Å²) in [5.41, 5.74) is -1.16. The van der Waals surface area contributed by atoms with Crippen molar-refractivity contribution < 1.29 is 36.7 Å². The van der Waals surface area contributed by atoms with E-state index in [4.69, 9.17) is 0 Å². The summed E-state index contributed by atoms with van der Waals surface area (Å²) < 4.78 is 54.9. The third kappa shape index (κ3) is 4.42. The predicted octanol–water partition coefficient (Wildman–Crippen LogP) is 4.38. The predicted molar refractivity (Wildman–Crippen MR) is 122 cm³/mol. The molecule has 4 rings (SSSR count). The van der Waals surface area contributed by atoms with Crippen LogP contribution in [0.15, 0.2) is 24.3 Å². The van der Waals surface area contributed by atoms with E-state index in [1.807, 2.05) is 0 Å². The van der Waals surface area contributed by atoms with Crippen LogP contribution < -0.4 is 10.6 Å². The van der Waals surface area contributed by atoms with Gasteiger partial charge in [-0.3, -0.25) is 19.2 Å². The molecule has 36 heavy (non-hydrogen) atoms. The number of benzene rings is 1. The van der Waals surface area contributed by atoms with Gasteiger partial charge in [-0.25, -0.2) is 17.6 Å². The largest absolute Gasteiger partial charge is 0.340 e. The number of carbonyl (C=O) groups is 4. The lowest BCUT2D eigenvalue weighted by Gasteiger charge is -2.46. The number of fused-ring (bicyclic) bond motifs is 1. The number of anilines is 1. The minimum atomic E-state index is -3.11. The second-order valence-corrected chi connectivity index (χ2v) is 9.28. The van der Waals surface area contributed by atoms with Crippen LogP contribution in [0.25, 0.3) is 0 Å². The Kier molecular flexibility index (Phi) is 6.52. The Labute approximate surface area is 204 Å². The first-order chi connectivity index (χ1) is 16.9. The zero-order chi connectivity index (χ0) is 26.4. The van der Waals surface area contributed by atoms with Crippen molar-refractivity contribution in [3.8, 4) is 0 Å². The van der Waals surface area contributed by atoms with E-state index in [-0.39, 0.29) is 34.5 Å². The molecule has 192 valence electrons.